The van der Waals surface area contributed by atoms with Gasteiger partial charge < -0.3 is 19.5 Å². The van der Waals surface area contributed by atoms with Crippen LogP contribution in [0.4, 0.5) is 5.69 Å². The molecular formula is C29H37N3O5. The highest BCUT2D eigenvalue weighted by Gasteiger charge is 2.37. The van der Waals surface area contributed by atoms with E-state index < -0.39 is 5.97 Å². The Morgan fingerprint density at radius 2 is 1.89 bits per heavy atom. The van der Waals surface area contributed by atoms with Crippen molar-refractivity contribution in [3.63, 3.8) is 0 Å². The van der Waals surface area contributed by atoms with Crippen LogP contribution in [0.15, 0.2) is 33.3 Å². The summed E-state index contributed by atoms with van der Waals surface area (Å²) in [6, 6.07) is 7.76. The molecule has 0 radical (unpaired) electrons. The van der Waals surface area contributed by atoms with Crippen molar-refractivity contribution >= 4 is 17.6 Å². The number of benzene rings is 1. The molecule has 4 rings (SSSR count). The fourth-order valence-corrected chi connectivity index (χ4v) is 4.60. The summed E-state index contributed by atoms with van der Waals surface area (Å²) < 4.78 is 11.4. The van der Waals surface area contributed by atoms with Crippen LogP contribution in [0.1, 0.15) is 99.3 Å². The van der Waals surface area contributed by atoms with Crippen molar-refractivity contribution in [2.45, 2.75) is 91.4 Å². The molecule has 3 aromatic rings. The van der Waals surface area contributed by atoms with Crippen LogP contribution in [0.5, 0.6) is 0 Å². The van der Waals surface area contributed by atoms with Gasteiger partial charge in [0.15, 0.2) is 11.5 Å². The van der Waals surface area contributed by atoms with E-state index in [0.717, 1.165) is 53.8 Å². The Hall–Kier alpha value is -3.42. The van der Waals surface area contributed by atoms with Crippen molar-refractivity contribution < 1.29 is 23.7 Å². The highest BCUT2D eigenvalue weighted by Crippen LogP contribution is 2.48. The third-order valence-electron chi connectivity index (χ3n) is 6.84. The highest BCUT2D eigenvalue weighted by atomic mass is 16.5. The largest absolute Gasteiger partial charge is 0.481 e. The fraction of sp³-hybridized carbons (Fsp3) is 0.517. The molecule has 1 atom stereocenters. The van der Waals surface area contributed by atoms with Gasteiger partial charge in [0.25, 0.3) is 0 Å². The fourth-order valence-electron chi connectivity index (χ4n) is 4.60. The zero-order chi connectivity index (χ0) is 26.7. The molecule has 0 bridgehead atoms. The number of anilines is 1. The van der Waals surface area contributed by atoms with Gasteiger partial charge in [-0.25, -0.2) is 0 Å². The molecule has 1 saturated carbocycles. The van der Waals surface area contributed by atoms with E-state index >= 15 is 0 Å². The molecule has 0 aliphatic heterocycles. The third kappa shape index (κ3) is 7.08. The number of aryl methyl sites for hydroxylation is 3. The Kier molecular flexibility index (Phi) is 7.85. The summed E-state index contributed by atoms with van der Waals surface area (Å²) in [5.41, 5.74) is 5.22. The van der Waals surface area contributed by atoms with Crippen LogP contribution in [0.2, 0.25) is 0 Å². The van der Waals surface area contributed by atoms with Gasteiger partial charge in [-0.1, -0.05) is 48.8 Å². The molecule has 198 valence electrons. The summed E-state index contributed by atoms with van der Waals surface area (Å²) in [4.78, 5) is 24.5. The quantitative estimate of drug-likeness (QED) is 0.294. The molecule has 2 heterocycles. The minimum Gasteiger partial charge on any atom is -0.481 e. The van der Waals surface area contributed by atoms with Crippen molar-refractivity contribution in [3.05, 3.63) is 52.4 Å². The standard InChI is InChI=1S/C29H37N3O5/c1-17-6-10-22(18(2)14-17)30-24(33)15-20(9-11-25(34)35)27-26(19-7-8-19)28(37-32-27)23-16-21(36-31-23)12-13-29(3,4)5/h6,10,14,16,19-20H,7-9,11-13,15H2,1-5H3,(H,30,33)(H,34,35)/t20-/m0/s1. The number of hydrogen-bond donors (Lipinski definition) is 2. The maximum Gasteiger partial charge on any atom is 0.303 e. The molecule has 0 spiro atoms. The van der Waals surface area contributed by atoms with Gasteiger partial charge in [-0.3, -0.25) is 9.59 Å². The number of carbonyl (C=O) groups is 2. The molecule has 0 saturated heterocycles. The minimum atomic E-state index is -0.906. The molecule has 8 heteroatoms. The first-order valence-electron chi connectivity index (χ1n) is 13.0. The van der Waals surface area contributed by atoms with E-state index in [4.69, 9.17) is 9.05 Å². The Balaban J connectivity index is 1.58. The molecule has 8 nitrogen and oxygen atoms in total. The highest BCUT2D eigenvalue weighted by molar-refractivity contribution is 5.92. The normalized spacial score (nSPS) is 14.5. The van der Waals surface area contributed by atoms with Crippen molar-refractivity contribution in [1.29, 1.82) is 0 Å². The maximum absolute atomic E-state index is 13.1. The summed E-state index contributed by atoms with van der Waals surface area (Å²) in [5, 5.41) is 21.0. The lowest BCUT2D eigenvalue weighted by molar-refractivity contribution is -0.137. The van der Waals surface area contributed by atoms with E-state index in [1.165, 1.54) is 0 Å². The Labute approximate surface area is 217 Å². The first-order valence-corrected chi connectivity index (χ1v) is 13.0. The van der Waals surface area contributed by atoms with Gasteiger partial charge in [0, 0.05) is 42.5 Å². The number of rotatable bonds is 11. The smallest absolute Gasteiger partial charge is 0.303 e. The van der Waals surface area contributed by atoms with Gasteiger partial charge in [0.1, 0.15) is 5.76 Å². The molecule has 2 aromatic heterocycles. The van der Waals surface area contributed by atoms with E-state index in [0.29, 0.717) is 17.1 Å². The number of amides is 1. The molecule has 1 fully saturated rings. The molecule has 2 N–H and O–H groups in total. The maximum atomic E-state index is 13.1. The van der Waals surface area contributed by atoms with Crippen LogP contribution >= 0.6 is 0 Å². The number of nitrogens with one attached hydrogen (secondary N) is 1. The predicted octanol–water partition coefficient (Wildman–Crippen LogP) is 6.78. The second kappa shape index (κ2) is 10.9. The third-order valence-corrected chi connectivity index (χ3v) is 6.84. The van der Waals surface area contributed by atoms with Crippen molar-refractivity contribution in [2.24, 2.45) is 5.41 Å². The number of aromatic nitrogens is 2. The van der Waals surface area contributed by atoms with Gasteiger partial charge in [-0.15, -0.1) is 0 Å². The summed E-state index contributed by atoms with van der Waals surface area (Å²) in [5.74, 6) is 0.150. The zero-order valence-corrected chi connectivity index (χ0v) is 22.4. The van der Waals surface area contributed by atoms with Crippen LogP contribution in [0.25, 0.3) is 11.5 Å². The molecule has 37 heavy (non-hydrogen) atoms. The zero-order valence-electron chi connectivity index (χ0n) is 22.4. The lowest BCUT2D eigenvalue weighted by Gasteiger charge is -2.16. The molecule has 1 aliphatic carbocycles. The van der Waals surface area contributed by atoms with Gasteiger partial charge in [-0.2, -0.15) is 0 Å². The molecule has 1 aliphatic rings. The topological polar surface area (TPSA) is 118 Å². The van der Waals surface area contributed by atoms with Crippen LogP contribution in [-0.4, -0.2) is 27.3 Å². The lowest BCUT2D eigenvalue weighted by atomic mass is 9.89. The SMILES string of the molecule is Cc1ccc(NC(=O)C[C@H](CCC(=O)O)c2noc(-c3cc(CCC(C)(C)C)on3)c2C2CC2)c(C)c1. The van der Waals surface area contributed by atoms with Crippen LogP contribution in [0.3, 0.4) is 0 Å². The van der Waals surface area contributed by atoms with Crippen molar-refractivity contribution in [3.8, 4) is 11.5 Å². The van der Waals surface area contributed by atoms with Gasteiger partial charge in [0.2, 0.25) is 5.91 Å². The second-order valence-corrected chi connectivity index (χ2v) is 11.5. The van der Waals surface area contributed by atoms with E-state index in [-0.39, 0.29) is 42.4 Å². The average molecular weight is 508 g/mol. The second-order valence-electron chi connectivity index (χ2n) is 11.5. The lowest BCUT2D eigenvalue weighted by Crippen LogP contribution is -2.18. The van der Waals surface area contributed by atoms with E-state index in [1.807, 2.05) is 38.1 Å². The first kappa shape index (κ1) is 26.6. The number of nitrogens with zero attached hydrogens (tertiary/aromatic N) is 2. The number of carbonyl (C=O) groups excluding carboxylic acids is 1. The monoisotopic (exact) mass is 507 g/mol. The van der Waals surface area contributed by atoms with E-state index in [9.17, 15) is 14.7 Å². The minimum absolute atomic E-state index is 0.0608. The summed E-state index contributed by atoms with van der Waals surface area (Å²) in [7, 11) is 0. The van der Waals surface area contributed by atoms with E-state index in [1.54, 1.807) is 0 Å². The van der Waals surface area contributed by atoms with Crippen LogP contribution in [0, 0.1) is 19.3 Å². The predicted molar refractivity (Wildman–Crippen MR) is 141 cm³/mol. The van der Waals surface area contributed by atoms with E-state index in [2.05, 4.69) is 36.4 Å². The van der Waals surface area contributed by atoms with Gasteiger partial charge in [0.05, 0.1) is 5.69 Å². The van der Waals surface area contributed by atoms with Crippen LogP contribution in [-0.2, 0) is 16.0 Å². The molecule has 0 unspecified atom stereocenters. The molecule has 1 amide bonds. The summed E-state index contributed by atoms with van der Waals surface area (Å²) >= 11 is 0. The Morgan fingerprint density at radius 3 is 2.54 bits per heavy atom. The molecule has 1 aromatic carbocycles. The number of aliphatic carboxylic acids is 1. The molecular weight excluding hydrogens is 470 g/mol. The number of carboxylic acids is 1. The van der Waals surface area contributed by atoms with Gasteiger partial charge in [-0.05, 0) is 62.5 Å². The summed E-state index contributed by atoms with van der Waals surface area (Å²) in [6.45, 7) is 10.5. The summed E-state index contributed by atoms with van der Waals surface area (Å²) in [6.07, 6.45) is 4.07. The first-order chi connectivity index (χ1) is 17.5. The average Bonchev–Trinajstić information content (AvgIpc) is 3.37. The van der Waals surface area contributed by atoms with Crippen molar-refractivity contribution in [1.82, 2.24) is 10.3 Å². The number of hydrogen-bond acceptors (Lipinski definition) is 6. The van der Waals surface area contributed by atoms with Crippen molar-refractivity contribution in [2.75, 3.05) is 5.32 Å². The van der Waals surface area contributed by atoms with Gasteiger partial charge >= 0.3 is 5.97 Å². The number of carboxylic acid groups (broad SMARTS) is 1. The Morgan fingerprint density at radius 1 is 1.14 bits per heavy atom. The Bertz CT molecular complexity index is 1260. The van der Waals surface area contributed by atoms with Crippen LogP contribution < -0.4 is 5.32 Å².